The molecule has 1 aromatic carbocycles. The number of fused-ring (bicyclic) bond motifs is 3. The molecular formula is C22H28O2. The van der Waals surface area contributed by atoms with E-state index in [0.717, 1.165) is 55.4 Å². The molecule has 1 aromatic rings. The van der Waals surface area contributed by atoms with Crippen molar-refractivity contribution in [1.29, 1.82) is 0 Å². The molecule has 24 heavy (non-hydrogen) atoms. The summed E-state index contributed by atoms with van der Waals surface area (Å²) in [7, 11) is 0. The summed E-state index contributed by atoms with van der Waals surface area (Å²) in [5.41, 5.74) is 3.32. The van der Waals surface area contributed by atoms with Gasteiger partial charge in [-0.05, 0) is 70.6 Å². The van der Waals surface area contributed by atoms with Crippen LogP contribution in [-0.4, -0.2) is 10.7 Å². The van der Waals surface area contributed by atoms with Gasteiger partial charge in [-0.25, -0.2) is 0 Å². The summed E-state index contributed by atoms with van der Waals surface area (Å²) in [6, 6.07) is 4.05. The third-order valence-corrected chi connectivity index (χ3v) is 5.56. The van der Waals surface area contributed by atoms with Crippen LogP contribution in [0.3, 0.4) is 0 Å². The summed E-state index contributed by atoms with van der Waals surface area (Å²) in [5, 5.41) is 10.7. The number of unbranched alkanes of at least 4 members (excludes halogenated alkanes) is 2. The van der Waals surface area contributed by atoms with E-state index in [4.69, 9.17) is 11.2 Å². The quantitative estimate of drug-likeness (QED) is 0.459. The maximum atomic E-state index is 10.7. The zero-order valence-corrected chi connectivity index (χ0v) is 15.1. The minimum Gasteiger partial charge on any atom is -0.507 e. The molecule has 128 valence electrons. The van der Waals surface area contributed by atoms with Crippen LogP contribution in [0.2, 0.25) is 0 Å². The van der Waals surface area contributed by atoms with Gasteiger partial charge in [0.25, 0.3) is 0 Å². The van der Waals surface area contributed by atoms with Crippen molar-refractivity contribution in [3.05, 3.63) is 34.9 Å². The predicted molar refractivity (Wildman–Crippen MR) is 98.4 cm³/mol. The molecule has 0 fully saturated rings. The lowest BCUT2D eigenvalue weighted by molar-refractivity contribution is 0.0107. The normalized spacial score (nSPS) is 24.2. The minimum atomic E-state index is -0.205. The Morgan fingerprint density at radius 2 is 2.12 bits per heavy atom. The highest BCUT2D eigenvalue weighted by Gasteiger charge is 2.45. The second-order valence-electron chi connectivity index (χ2n) is 7.83. The lowest BCUT2D eigenvalue weighted by Gasteiger charge is -2.46. The van der Waals surface area contributed by atoms with Gasteiger partial charge in [-0.15, -0.1) is 12.3 Å². The average molecular weight is 324 g/mol. The van der Waals surface area contributed by atoms with E-state index in [2.05, 4.69) is 38.8 Å². The van der Waals surface area contributed by atoms with Crippen molar-refractivity contribution in [3.63, 3.8) is 0 Å². The summed E-state index contributed by atoms with van der Waals surface area (Å²) in [5.74, 6) is 4.60. The summed E-state index contributed by atoms with van der Waals surface area (Å²) < 4.78 is 6.35. The molecule has 0 spiro atoms. The Bertz CT molecular complexity index is 691. The zero-order valence-electron chi connectivity index (χ0n) is 15.1. The van der Waals surface area contributed by atoms with E-state index < -0.39 is 0 Å². The number of aryl methyl sites for hydroxylation is 1. The van der Waals surface area contributed by atoms with Crippen molar-refractivity contribution in [2.24, 2.45) is 5.92 Å². The van der Waals surface area contributed by atoms with E-state index >= 15 is 0 Å². The van der Waals surface area contributed by atoms with Crippen molar-refractivity contribution in [2.75, 3.05) is 0 Å². The van der Waals surface area contributed by atoms with Crippen LogP contribution in [0, 0.1) is 18.3 Å². The van der Waals surface area contributed by atoms with Crippen molar-refractivity contribution in [2.45, 2.75) is 70.8 Å². The Morgan fingerprint density at radius 3 is 2.88 bits per heavy atom. The fourth-order valence-corrected chi connectivity index (χ4v) is 4.28. The number of aromatic hydroxyl groups is 1. The van der Waals surface area contributed by atoms with Gasteiger partial charge in [-0.2, -0.15) is 0 Å². The van der Waals surface area contributed by atoms with E-state index in [1.165, 1.54) is 5.57 Å². The highest BCUT2D eigenvalue weighted by Crippen LogP contribution is 2.53. The van der Waals surface area contributed by atoms with Crippen LogP contribution in [0.25, 0.3) is 0 Å². The van der Waals surface area contributed by atoms with Gasteiger partial charge >= 0.3 is 0 Å². The van der Waals surface area contributed by atoms with Crippen LogP contribution in [0.5, 0.6) is 11.5 Å². The van der Waals surface area contributed by atoms with Gasteiger partial charge in [-0.3, -0.25) is 0 Å². The van der Waals surface area contributed by atoms with E-state index in [0.29, 0.717) is 11.7 Å². The molecule has 1 heterocycles. The highest BCUT2D eigenvalue weighted by atomic mass is 16.5. The molecule has 0 bridgehead atoms. The monoisotopic (exact) mass is 324 g/mol. The number of phenolic OH excluding ortho intramolecular Hbond substituents is 1. The lowest BCUT2D eigenvalue weighted by atomic mass is 9.68. The standard InChI is InChI=1S/C22H28O2/c1-5-6-7-8-9-16-13-19(23)21-17-12-15(2)10-11-18(17)22(3,4)24-20(21)14-16/h1,12-14,17-18,23H,6-11H2,2-4H3/t17-,18-/m1/s1. The number of terminal acetylenes is 1. The van der Waals surface area contributed by atoms with Gasteiger partial charge < -0.3 is 9.84 Å². The van der Waals surface area contributed by atoms with E-state index in [9.17, 15) is 5.11 Å². The topological polar surface area (TPSA) is 29.5 Å². The van der Waals surface area contributed by atoms with Crippen molar-refractivity contribution in [1.82, 2.24) is 0 Å². The first-order valence-electron chi connectivity index (χ1n) is 9.08. The third kappa shape index (κ3) is 3.18. The zero-order chi connectivity index (χ0) is 17.3. The fraction of sp³-hybridized carbons (Fsp3) is 0.545. The van der Waals surface area contributed by atoms with E-state index in [1.807, 2.05) is 6.07 Å². The Labute approximate surface area is 145 Å². The van der Waals surface area contributed by atoms with Gasteiger partial charge in [-0.1, -0.05) is 11.6 Å². The van der Waals surface area contributed by atoms with Crippen molar-refractivity contribution in [3.8, 4) is 23.8 Å². The Balaban J connectivity index is 1.93. The molecule has 1 aliphatic heterocycles. The highest BCUT2D eigenvalue weighted by molar-refractivity contribution is 5.54. The summed E-state index contributed by atoms with van der Waals surface area (Å²) in [4.78, 5) is 0. The maximum Gasteiger partial charge on any atom is 0.127 e. The lowest BCUT2D eigenvalue weighted by Crippen LogP contribution is -2.45. The second-order valence-corrected chi connectivity index (χ2v) is 7.83. The molecule has 0 saturated carbocycles. The number of allylic oxidation sites excluding steroid dienone is 2. The second kappa shape index (κ2) is 6.55. The molecular weight excluding hydrogens is 296 g/mol. The molecule has 2 atom stereocenters. The molecule has 3 rings (SSSR count). The van der Waals surface area contributed by atoms with Crippen molar-refractivity contribution >= 4 is 0 Å². The minimum absolute atomic E-state index is 0.205. The first-order valence-corrected chi connectivity index (χ1v) is 9.08. The number of benzene rings is 1. The molecule has 0 unspecified atom stereocenters. The first kappa shape index (κ1) is 17.0. The van der Waals surface area contributed by atoms with Crippen LogP contribution in [0.1, 0.15) is 69.9 Å². The van der Waals surface area contributed by atoms with Crippen molar-refractivity contribution < 1.29 is 9.84 Å². The summed E-state index contributed by atoms with van der Waals surface area (Å²) >= 11 is 0. The third-order valence-electron chi connectivity index (χ3n) is 5.56. The Hall–Kier alpha value is -1.88. The number of rotatable bonds is 4. The molecule has 2 heteroatoms. The molecule has 2 nitrogen and oxygen atoms in total. The maximum absolute atomic E-state index is 10.7. The number of phenols is 1. The molecule has 1 N–H and O–H groups in total. The summed E-state index contributed by atoms with van der Waals surface area (Å²) in [6.45, 7) is 6.55. The summed E-state index contributed by atoms with van der Waals surface area (Å²) in [6.07, 6.45) is 13.7. The van der Waals surface area contributed by atoms with Gasteiger partial charge in [0.15, 0.2) is 0 Å². The average Bonchev–Trinajstić information content (AvgIpc) is 2.50. The molecule has 0 amide bonds. The molecule has 0 aromatic heterocycles. The van der Waals surface area contributed by atoms with Crippen LogP contribution < -0.4 is 4.74 Å². The Morgan fingerprint density at radius 1 is 1.33 bits per heavy atom. The van der Waals surface area contributed by atoms with Gasteiger partial charge in [0.2, 0.25) is 0 Å². The number of hydrogen-bond donors (Lipinski definition) is 1. The van der Waals surface area contributed by atoms with E-state index in [-0.39, 0.29) is 11.5 Å². The predicted octanol–water partition coefficient (Wildman–Crippen LogP) is 5.35. The van der Waals surface area contributed by atoms with Crippen LogP contribution in [-0.2, 0) is 6.42 Å². The van der Waals surface area contributed by atoms with Gasteiger partial charge in [0.05, 0.1) is 0 Å². The first-order chi connectivity index (χ1) is 11.4. The van der Waals surface area contributed by atoms with Gasteiger partial charge in [0, 0.05) is 23.8 Å². The molecule has 0 radical (unpaired) electrons. The van der Waals surface area contributed by atoms with Crippen LogP contribution >= 0.6 is 0 Å². The fourth-order valence-electron chi connectivity index (χ4n) is 4.28. The molecule has 2 aliphatic rings. The van der Waals surface area contributed by atoms with E-state index in [1.54, 1.807) is 0 Å². The smallest absolute Gasteiger partial charge is 0.127 e. The molecule has 0 saturated heterocycles. The Kier molecular flexibility index (Phi) is 4.63. The molecule has 1 aliphatic carbocycles. The van der Waals surface area contributed by atoms with Crippen LogP contribution in [0.15, 0.2) is 23.8 Å². The SMILES string of the molecule is C#CCCCCc1cc(O)c2c(c1)OC(C)(C)[C@@H]1CCC(C)=C[C@@H]21. The number of ether oxygens (including phenoxy) is 1. The van der Waals surface area contributed by atoms with Crippen LogP contribution in [0.4, 0.5) is 0 Å². The number of hydrogen-bond acceptors (Lipinski definition) is 2. The van der Waals surface area contributed by atoms with Gasteiger partial charge in [0.1, 0.15) is 17.1 Å². The largest absolute Gasteiger partial charge is 0.507 e.